The number of benzene rings is 1. The number of rotatable bonds is 11. The Hall–Kier alpha value is -3.79. The van der Waals surface area contributed by atoms with Crippen LogP contribution in [0.1, 0.15) is 70.5 Å². The van der Waals surface area contributed by atoms with E-state index >= 15 is 0 Å². The molecule has 7 N–H and O–H groups in total. The number of esters is 1. The Morgan fingerprint density at radius 3 is 2.58 bits per heavy atom. The maximum absolute atomic E-state index is 13.5. The van der Waals surface area contributed by atoms with E-state index in [1.54, 1.807) is 13.0 Å². The number of aliphatic hydroxyl groups excluding tert-OH is 2. The minimum absolute atomic E-state index is 0.00380. The Kier molecular flexibility index (Phi) is 9.81. The zero-order valence-electron chi connectivity index (χ0n) is 26.8. The van der Waals surface area contributed by atoms with E-state index in [9.17, 15) is 49.6 Å². The van der Waals surface area contributed by atoms with Gasteiger partial charge in [0.2, 0.25) is 11.7 Å². The van der Waals surface area contributed by atoms with Gasteiger partial charge in [-0.05, 0) is 61.7 Å². The number of ether oxygens (including phenoxy) is 1. The number of carboxylic acid groups (broad SMARTS) is 1. The fourth-order valence-electron chi connectivity index (χ4n) is 8.91. The van der Waals surface area contributed by atoms with Crippen LogP contribution < -0.4 is 10.5 Å². The first-order valence-corrected chi connectivity index (χ1v) is 16.1. The van der Waals surface area contributed by atoms with Gasteiger partial charge in [0.15, 0.2) is 24.1 Å². The fourth-order valence-corrected chi connectivity index (χ4v) is 8.91. The van der Waals surface area contributed by atoms with Gasteiger partial charge >= 0.3 is 11.9 Å². The molecule has 0 spiro atoms. The molecule has 10 atom stereocenters. The molecule has 14 nitrogen and oxygen atoms in total. The van der Waals surface area contributed by atoms with E-state index in [0.717, 1.165) is 11.6 Å². The number of ketones is 2. The molecular weight excluding hydrogens is 628 g/mol. The number of allylic oxidation sites excluding steroid dienone is 4. The molecule has 1 aromatic carbocycles. The first-order chi connectivity index (χ1) is 22.5. The van der Waals surface area contributed by atoms with Gasteiger partial charge in [0.1, 0.15) is 11.7 Å². The van der Waals surface area contributed by atoms with Crippen molar-refractivity contribution in [2.45, 2.75) is 82.6 Å². The lowest BCUT2D eigenvalue weighted by Crippen LogP contribution is -2.99. The van der Waals surface area contributed by atoms with Gasteiger partial charge in [-0.15, -0.1) is 0 Å². The number of fused-ring (bicyclic) bond motifs is 5. The van der Waals surface area contributed by atoms with Crippen molar-refractivity contribution in [3.05, 3.63) is 58.8 Å². The van der Waals surface area contributed by atoms with E-state index in [0.29, 0.717) is 19.3 Å². The standard InChI is InChI=1S/C34H42N2O12/c1-32-12-10-21(37)15-19(32)6-7-22-23-11-13-34(45,33(23,2)16-24(38)28(22)32)25(39)17-48-27(41)9-8-26(40)35-29(31(43)44)30(42)18-4-3-5-20(14-18)36(46)47/h3-5,10,12,14-15,22-24,28-30,36,38,42,45-46H,6-9,11,13,16-17H2,1-2H3,(H,35,40)(H,43,44)/t22?,23?,24-,28?,29?,30?,32-,33-,34-/m0/s1. The molecule has 0 heterocycles. The molecule has 3 fully saturated rings. The molecule has 1 aromatic rings. The second-order valence-electron chi connectivity index (χ2n) is 14.0. The lowest BCUT2D eigenvalue weighted by atomic mass is 9.46. The van der Waals surface area contributed by atoms with Gasteiger partial charge in [-0.25, -0.2) is 10.0 Å². The van der Waals surface area contributed by atoms with Gasteiger partial charge in [-0.3, -0.25) is 19.2 Å². The van der Waals surface area contributed by atoms with Crippen LogP contribution in [0.15, 0.2) is 48.1 Å². The van der Waals surface area contributed by atoms with Gasteiger partial charge in [0.25, 0.3) is 0 Å². The monoisotopic (exact) mass is 670 g/mol. The summed E-state index contributed by atoms with van der Waals surface area (Å²) in [6.07, 6.45) is 3.57. The number of carbonyl (C=O) groups is 5. The molecule has 260 valence electrons. The van der Waals surface area contributed by atoms with Gasteiger partial charge in [-0.2, -0.15) is 5.23 Å². The number of quaternary nitrogens is 1. The first kappa shape index (κ1) is 35.5. The second-order valence-corrected chi connectivity index (χ2v) is 14.0. The third-order valence-electron chi connectivity index (χ3n) is 11.4. The highest BCUT2D eigenvalue weighted by Gasteiger charge is 2.68. The van der Waals surface area contributed by atoms with Crippen LogP contribution in [-0.2, 0) is 28.7 Å². The molecule has 6 unspecified atom stereocenters. The molecular formula is C34H42N2O12. The van der Waals surface area contributed by atoms with Crippen LogP contribution >= 0.6 is 0 Å². The summed E-state index contributed by atoms with van der Waals surface area (Å²) in [5, 5.41) is 64.7. The smallest absolute Gasteiger partial charge is 0.329 e. The second kappa shape index (κ2) is 13.3. The summed E-state index contributed by atoms with van der Waals surface area (Å²) in [5.41, 5.74) is -2.60. The average molecular weight is 671 g/mol. The Morgan fingerprint density at radius 2 is 1.90 bits per heavy atom. The van der Waals surface area contributed by atoms with Gasteiger partial charge in [0.05, 0.1) is 12.5 Å². The quantitative estimate of drug-likeness (QED) is 0.127. The van der Waals surface area contributed by atoms with Crippen LogP contribution in [0.5, 0.6) is 0 Å². The predicted octanol–water partition coefficient (Wildman–Crippen LogP) is 0.595. The number of hydrogen-bond acceptors (Lipinski definition) is 11. The fraction of sp³-hybridized carbons (Fsp3) is 0.559. The van der Waals surface area contributed by atoms with Crippen molar-refractivity contribution in [2.24, 2.45) is 28.6 Å². The van der Waals surface area contributed by atoms with Crippen molar-refractivity contribution >= 4 is 35.1 Å². The molecule has 0 bridgehead atoms. The third-order valence-corrected chi connectivity index (χ3v) is 11.4. The van der Waals surface area contributed by atoms with Gasteiger partial charge < -0.3 is 35.7 Å². The number of carboxylic acids is 1. The Labute approximate surface area is 276 Å². The van der Waals surface area contributed by atoms with Gasteiger partial charge in [0, 0.05) is 35.3 Å². The SMILES string of the molecule is C[C@]12C=CC(=O)C=C1CCC1C2[C@@H](O)C[C@@]2(C)C1CC[C@]2(O)C(=O)COC(=O)CCC(=O)NC(C(=O)O)C(O)c1cccc([NH+]([O-])O)c1. The van der Waals surface area contributed by atoms with Crippen LogP contribution in [0, 0.1) is 33.8 Å². The zero-order valence-corrected chi connectivity index (χ0v) is 26.8. The molecule has 0 aromatic heterocycles. The van der Waals surface area contributed by atoms with E-state index in [2.05, 4.69) is 5.32 Å². The number of nitrogens with one attached hydrogen (secondary N) is 2. The number of Topliss-reactive ketones (excluding diaryl/α,β-unsaturated/α-hetero) is 1. The topological polar surface area (TPSA) is 235 Å². The third kappa shape index (κ3) is 6.24. The first-order valence-electron chi connectivity index (χ1n) is 16.1. The highest BCUT2D eigenvalue weighted by Crippen LogP contribution is 2.67. The number of aliphatic carboxylic acids is 1. The molecule has 0 aliphatic heterocycles. The summed E-state index contributed by atoms with van der Waals surface area (Å²) < 4.78 is 5.13. The summed E-state index contributed by atoms with van der Waals surface area (Å²) in [6.45, 7) is 3.07. The molecule has 0 saturated heterocycles. The van der Waals surface area contributed by atoms with E-state index in [4.69, 9.17) is 9.94 Å². The molecule has 4 aliphatic rings. The molecule has 0 radical (unpaired) electrons. The zero-order chi connectivity index (χ0) is 35.2. The van der Waals surface area contributed by atoms with Crippen LogP contribution in [0.3, 0.4) is 0 Å². The minimum Gasteiger partial charge on any atom is -0.595 e. The highest BCUT2D eigenvalue weighted by atomic mass is 16.8. The summed E-state index contributed by atoms with van der Waals surface area (Å²) >= 11 is 0. The largest absolute Gasteiger partial charge is 0.595 e. The summed E-state index contributed by atoms with van der Waals surface area (Å²) in [6, 6.07) is 3.11. The number of carbonyl (C=O) groups excluding carboxylic acids is 4. The normalized spacial score (nSPS) is 34.1. The van der Waals surface area contributed by atoms with Crippen molar-refractivity contribution < 1.29 is 59.6 Å². The maximum Gasteiger partial charge on any atom is 0.329 e. The Morgan fingerprint density at radius 1 is 1.17 bits per heavy atom. The van der Waals surface area contributed by atoms with Crippen LogP contribution in [0.4, 0.5) is 5.69 Å². The number of aliphatic hydroxyl groups is 3. The molecule has 1 amide bonds. The lowest BCUT2D eigenvalue weighted by Gasteiger charge is -2.59. The van der Waals surface area contributed by atoms with Gasteiger partial charge in [-0.1, -0.05) is 37.6 Å². The Bertz CT molecular complexity index is 1560. The predicted molar refractivity (Wildman–Crippen MR) is 165 cm³/mol. The number of amides is 1. The van der Waals surface area contributed by atoms with E-state index in [1.807, 2.05) is 13.0 Å². The van der Waals surface area contributed by atoms with Crippen molar-refractivity contribution in [3.8, 4) is 0 Å². The highest BCUT2D eigenvalue weighted by molar-refractivity contribution is 6.01. The maximum atomic E-state index is 13.5. The molecule has 4 aliphatic carbocycles. The summed E-state index contributed by atoms with van der Waals surface area (Å²) in [5.74, 6) is -4.50. The summed E-state index contributed by atoms with van der Waals surface area (Å²) in [7, 11) is 0. The molecule has 5 rings (SSSR count). The van der Waals surface area contributed by atoms with Crippen LogP contribution in [-0.4, -0.2) is 79.4 Å². The van der Waals surface area contributed by atoms with Crippen molar-refractivity contribution in [2.75, 3.05) is 6.61 Å². The lowest BCUT2D eigenvalue weighted by molar-refractivity contribution is -0.991. The van der Waals surface area contributed by atoms with Crippen molar-refractivity contribution in [1.82, 2.24) is 5.32 Å². The van der Waals surface area contributed by atoms with Crippen molar-refractivity contribution in [3.63, 3.8) is 0 Å². The van der Waals surface area contributed by atoms with Crippen LogP contribution in [0.2, 0.25) is 0 Å². The number of hydrogen-bond donors (Lipinski definition) is 7. The van der Waals surface area contributed by atoms with Crippen molar-refractivity contribution in [1.29, 1.82) is 0 Å². The Balaban J connectivity index is 1.16. The molecule has 48 heavy (non-hydrogen) atoms. The average Bonchev–Trinajstić information content (AvgIpc) is 3.31. The molecule has 3 saturated carbocycles. The van der Waals surface area contributed by atoms with E-state index in [-0.39, 0.29) is 47.6 Å². The summed E-state index contributed by atoms with van der Waals surface area (Å²) in [4.78, 5) is 62.3. The van der Waals surface area contributed by atoms with E-state index in [1.165, 1.54) is 24.3 Å². The van der Waals surface area contributed by atoms with E-state index < -0.39 is 83.0 Å². The minimum atomic E-state index is -1.86. The van der Waals surface area contributed by atoms with Crippen LogP contribution in [0.25, 0.3) is 0 Å². The molecule has 14 heteroatoms.